The molecule has 1 amide bonds. The lowest BCUT2D eigenvalue weighted by Gasteiger charge is -2.10. The molecule has 0 bridgehead atoms. The molecule has 2 aromatic rings. The molecule has 0 aliphatic rings. The van der Waals surface area contributed by atoms with Crippen LogP contribution in [0.5, 0.6) is 0 Å². The van der Waals surface area contributed by atoms with Crippen LogP contribution in [-0.2, 0) is 15.7 Å². The van der Waals surface area contributed by atoms with Crippen molar-refractivity contribution in [3.63, 3.8) is 0 Å². The number of halogens is 6. The van der Waals surface area contributed by atoms with Gasteiger partial charge >= 0.3 is 12.1 Å². The van der Waals surface area contributed by atoms with Crippen molar-refractivity contribution >= 4 is 45.2 Å². The largest absolute Gasteiger partial charge is 0.452 e. The molecule has 11 heteroatoms. The number of nitrogens with one attached hydrogen (secondary N) is 1. The predicted octanol–water partition coefficient (Wildman–Crippen LogP) is 4.45. The highest BCUT2D eigenvalue weighted by molar-refractivity contribution is 9.10. The average molecular weight is 456 g/mol. The molecule has 26 heavy (non-hydrogen) atoms. The second-order valence-electron chi connectivity index (χ2n) is 4.80. The third-order valence-corrected chi connectivity index (χ3v) is 3.69. The summed E-state index contributed by atoms with van der Waals surface area (Å²) in [4.78, 5) is 26.8. The summed E-state index contributed by atoms with van der Waals surface area (Å²) in [5.74, 6) is -3.19. The van der Waals surface area contributed by atoms with E-state index in [9.17, 15) is 27.2 Å². The fraction of sp³-hybridized carbons (Fsp3) is 0.133. The minimum absolute atomic E-state index is 0.337. The molecule has 0 spiro atoms. The van der Waals surface area contributed by atoms with Crippen LogP contribution in [0.3, 0.4) is 0 Å². The van der Waals surface area contributed by atoms with E-state index in [4.69, 9.17) is 11.6 Å². The zero-order valence-electron chi connectivity index (χ0n) is 12.5. The molecule has 1 aromatic heterocycles. The number of esters is 1. The summed E-state index contributed by atoms with van der Waals surface area (Å²) in [6.45, 7) is -0.812. The molecule has 0 saturated heterocycles. The average Bonchev–Trinajstić information content (AvgIpc) is 2.53. The van der Waals surface area contributed by atoms with Gasteiger partial charge in [0.2, 0.25) is 0 Å². The highest BCUT2D eigenvalue weighted by Gasteiger charge is 2.31. The van der Waals surface area contributed by atoms with Crippen LogP contribution in [-0.4, -0.2) is 23.5 Å². The Morgan fingerprint density at radius 1 is 1.27 bits per heavy atom. The van der Waals surface area contributed by atoms with E-state index in [2.05, 4.69) is 31.0 Å². The predicted molar refractivity (Wildman–Crippen MR) is 87.3 cm³/mol. The number of carbonyl (C=O) groups is 2. The Morgan fingerprint density at radius 3 is 2.54 bits per heavy atom. The lowest BCUT2D eigenvalue weighted by Crippen LogP contribution is -2.22. The third kappa shape index (κ3) is 5.15. The highest BCUT2D eigenvalue weighted by atomic mass is 79.9. The molecule has 138 valence electrons. The number of amides is 1. The Morgan fingerprint density at radius 2 is 1.96 bits per heavy atom. The van der Waals surface area contributed by atoms with E-state index in [1.807, 2.05) is 0 Å². The summed E-state index contributed by atoms with van der Waals surface area (Å²) < 4.78 is 56.2. The van der Waals surface area contributed by atoms with Gasteiger partial charge < -0.3 is 10.1 Å². The first kappa shape index (κ1) is 20.1. The Kier molecular flexibility index (Phi) is 6.19. The summed E-state index contributed by atoms with van der Waals surface area (Å²) >= 11 is 8.66. The minimum atomic E-state index is -4.64. The van der Waals surface area contributed by atoms with Crippen molar-refractivity contribution in [2.45, 2.75) is 6.18 Å². The van der Waals surface area contributed by atoms with Crippen LogP contribution >= 0.6 is 27.5 Å². The second kappa shape index (κ2) is 8.00. The Balaban J connectivity index is 1.98. The number of benzene rings is 1. The molecule has 1 heterocycles. The summed E-state index contributed by atoms with van der Waals surface area (Å²) in [5.41, 5.74) is -1.47. The second-order valence-corrected chi connectivity index (χ2v) is 6.12. The van der Waals surface area contributed by atoms with Crippen LogP contribution in [0.15, 0.2) is 34.9 Å². The van der Waals surface area contributed by atoms with Crippen molar-refractivity contribution < 1.29 is 31.9 Å². The molecule has 5 nitrogen and oxygen atoms in total. The fourth-order valence-electron chi connectivity index (χ4n) is 1.72. The van der Waals surface area contributed by atoms with Crippen LogP contribution in [0.2, 0.25) is 5.02 Å². The summed E-state index contributed by atoms with van der Waals surface area (Å²) in [7, 11) is 0. The van der Waals surface area contributed by atoms with Gasteiger partial charge in [-0.25, -0.2) is 14.2 Å². The van der Waals surface area contributed by atoms with Crippen molar-refractivity contribution in [1.82, 2.24) is 4.98 Å². The number of hydrogen-bond acceptors (Lipinski definition) is 4. The maximum atomic E-state index is 13.6. The van der Waals surface area contributed by atoms with Gasteiger partial charge in [0.25, 0.3) is 5.91 Å². The van der Waals surface area contributed by atoms with E-state index in [-0.39, 0.29) is 11.4 Å². The minimum Gasteiger partial charge on any atom is -0.452 e. The monoisotopic (exact) mass is 454 g/mol. The van der Waals surface area contributed by atoms with Crippen molar-refractivity contribution in [3.8, 4) is 0 Å². The molecule has 0 aliphatic carbocycles. The molecular weight excluding hydrogens is 448 g/mol. The lowest BCUT2D eigenvalue weighted by atomic mass is 10.2. The van der Waals surface area contributed by atoms with Gasteiger partial charge in [0.1, 0.15) is 5.82 Å². The number of anilines is 1. The zero-order chi connectivity index (χ0) is 19.5. The fourth-order valence-corrected chi connectivity index (χ4v) is 2.26. The zero-order valence-corrected chi connectivity index (χ0v) is 14.9. The van der Waals surface area contributed by atoms with E-state index < -0.39 is 41.1 Å². The van der Waals surface area contributed by atoms with Gasteiger partial charge in [-0.05, 0) is 24.3 Å². The van der Waals surface area contributed by atoms with Gasteiger partial charge in [-0.3, -0.25) is 4.79 Å². The van der Waals surface area contributed by atoms with E-state index in [1.165, 1.54) is 6.07 Å². The van der Waals surface area contributed by atoms with Crippen molar-refractivity contribution in [1.29, 1.82) is 0 Å². The Hall–Kier alpha value is -2.20. The number of ether oxygens (including phenoxy) is 1. The maximum Gasteiger partial charge on any atom is 0.417 e. The smallest absolute Gasteiger partial charge is 0.417 e. The molecule has 0 atom stereocenters. The highest BCUT2D eigenvalue weighted by Crippen LogP contribution is 2.32. The van der Waals surface area contributed by atoms with Gasteiger partial charge in [-0.15, -0.1) is 0 Å². The Bertz CT molecular complexity index is 861. The molecule has 2 rings (SSSR count). The molecule has 0 fully saturated rings. The maximum absolute atomic E-state index is 13.6. The number of pyridine rings is 1. The third-order valence-electron chi connectivity index (χ3n) is 2.91. The quantitative estimate of drug-likeness (QED) is 0.546. The summed E-state index contributed by atoms with van der Waals surface area (Å²) in [6, 6.07) is 4.20. The number of rotatable bonds is 4. The van der Waals surface area contributed by atoms with E-state index in [1.54, 1.807) is 0 Å². The van der Waals surface area contributed by atoms with Gasteiger partial charge in [-0.1, -0.05) is 27.5 Å². The number of alkyl halides is 3. The van der Waals surface area contributed by atoms with E-state index >= 15 is 0 Å². The van der Waals surface area contributed by atoms with Crippen LogP contribution in [0.25, 0.3) is 0 Å². The van der Waals surface area contributed by atoms with Gasteiger partial charge in [0, 0.05) is 10.7 Å². The molecular formula is C15H8BrClF4N2O3. The summed E-state index contributed by atoms with van der Waals surface area (Å²) in [6.07, 6.45) is -4.14. The van der Waals surface area contributed by atoms with Crippen LogP contribution in [0, 0.1) is 5.82 Å². The van der Waals surface area contributed by atoms with E-state index in [0.717, 1.165) is 12.1 Å². The van der Waals surface area contributed by atoms with Crippen molar-refractivity contribution in [2.24, 2.45) is 0 Å². The first-order valence-electron chi connectivity index (χ1n) is 6.72. The molecule has 1 aromatic carbocycles. The molecule has 0 aliphatic heterocycles. The summed E-state index contributed by atoms with van der Waals surface area (Å²) in [5, 5.41) is 1.65. The Labute approximate surface area is 157 Å². The number of nitrogens with zero attached hydrogens (tertiary/aromatic N) is 1. The van der Waals surface area contributed by atoms with E-state index in [0.29, 0.717) is 16.7 Å². The molecule has 1 N–H and O–H groups in total. The number of aromatic nitrogens is 1. The topological polar surface area (TPSA) is 68.3 Å². The number of hydrogen-bond donors (Lipinski definition) is 1. The first-order chi connectivity index (χ1) is 12.1. The SMILES string of the molecule is O=C(COC(=O)c1ccc(Br)cc1F)Nc1ncc(C(F)(F)F)cc1Cl. The standard InChI is InChI=1S/C15H8BrClF4N2O3/c16-8-1-2-9(11(18)4-8)14(25)26-6-12(24)23-13-10(17)3-7(5-22-13)15(19,20)21/h1-5H,6H2,(H,22,23,24). The number of carbonyl (C=O) groups excluding carboxylic acids is 2. The van der Waals surface area contributed by atoms with Crippen LogP contribution in [0.1, 0.15) is 15.9 Å². The van der Waals surface area contributed by atoms with Crippen molar-refractivity contribution in [2.75, 3.05) is 11.9 Å². The normalized spacial score (nSPS) is 11.2. The molecule has 0 radical (unpaired) electrons. The molecule has 0 unspecified atom stereocenters. The van der Waals surface area contributed by atoms with Gasteiger partial charge in [0.15, 0.2) is 12.4 Å². The molecule has 0 saturated carbocycles. The lowest BCUT2D eigenvalue weighted by molar-refractivity contribution is -0.137. The van der Waals surface area contributed by atoms with Gasteiger partial charge in [0.05, 0.1) is 16.1 Å². The van der Waals surface area contributed by atoms with Gasteiger partial charge in [-0.2, -0.15) is 13.2 Å². The van der Waals surface area contributed by atoms with Crippen LogP contribution < -0.4 is 5.32 Å². The first-order valence-corrected chi connectivity index (χ1v) is 7.90. The van der Waals surface area contributed by atoms with Crippen LogP contribution in [0.4, 0.5) is 23.4 Å². The van der Waals surface area contributed by atoms with Crippen molar-refractivity contribution in [3.05, 3.63) is 56.9 Å².